The van der Waals surface area contributed by atoms with Crippen molar-refractivity contribution in [3.8, 4) is 28.2 Å². The summed E-state index contributed by atoms with van der Waals surface area (Å²) in [6, 6.07) is 24.2. The molecule has 0 atom stereocenters. The molecular weight excluding hydrogens is 324 g/mol. The lowest BCUT2D eigenvalue weighted by atomic mass is 9.92. The smallest absolute Gasteiger partial charge is 0.182 e. The first-order valence-corrected chi connectivity index (χ1v) is 8.38. The summed E-state index contributed by atoms with van der Waals surface area (Å²) >= 11 is 0. The van der Waals surface area contributed by atoms with Gasteiger partial charge in [-0.3, -0.25) is 4.79 Å². The van der Waals surface area contributed by atoms with Crippen LogP contribution in [0, 0.1) is 0 Å². The van der Waals surface area contributed by atoms with Crippen LogP contribution in [0.4, 0.5) is 0 Å². The molecule has 1 aliphatic heterocycles. The third-order valence-electron chi connectivity index (χ3n) is 4.72. The van der Waals surface area contributed by atoms with Crippen LogP contribution < -0.4 is 5.43 Å². The number of phenols is 1. The van der Waals surface area contributed by atoms with Crippen molar-refractivity contribution in [3.63, 3.8) is 0 Å². The van der Waals surface area contributed by atoms with Crippen LogP contribution in [-0.2, 0) is 0 Å². The molecule has 0 bridgehead atoms. The average molecular weight is 338 g/mol. The summed E-state index contributed by atoms with van der Waals surface area (Å²) in [6.45, 7) is 0. The van der Waals surface area contributed by atoms with E-state index >= 15 is 0 Å². The Labute approximate surface area is 149 Å². The highest BCUT2D eigenvalue weighted by Gasteiger charge is 2.18. The number of phenolic OH excluding ortho intramolecular Hbond substituents is 1. The molecule has 1 heterocycles. The molecule has 3 aromatic carbocycles. The van der Waals surface area contributed by atoms with Crippen LogP contribution in [0.25, 0.3) is 44.2 Å². The summed E-state index contributed by atoms with van der Waals surface area (Å²) in [6.07, 6.45) is 0. The molecule has 0 amide bonds. The number of hydrogen-bond acceptors (Lipinski definition) is 3. The lowest BCUT2D eigenvalue weighted by Crippen LogP contribution is -1.99. The van der Waals surface area contributed by atoms with E-state index in [9.17, 15) is 9.90 Å². The first kappa shape index (κ1) is 14.7. The Balaban J connectivity index is 2.03. The number of fused-ring (bicyclic) bond motifs is 4. The lowest BCUT2D eigenvalue weighted by Gasteiger charge is -2.16. The molecule has 0 saturated carbocycles. The van der Waals surface area contributed by atoms with E-state index in [0.29, 0.717) is 11.3 Å². The first-order valence-electron chi connectivity index (χ1n) is 8.38. The molecular formula is C23H14O3. The summed E-state index contributed by atoms with van der Waals surface area (Å²) in [5.74, 6) is 0.771. The van der Waals surface area contributed by atoms with Gasteiger partial charge in [0.1, 0.15) is 17.1 Å². The maximum absolute atomic E-state index is 11.9. The fourth-order valence-electron chi connectivity index (χ4n) is 3.56. The molecule has 0 saturated heterocycles. The SMILES string of the molecule is O=c1ccc2c(-c3ccccc3)c3ccc4cc(O)ccc4c3oc-2c1. The summed E-state index contributed by atoms with van der Waals surface area (Å²) < 4.78 is 6.16. The third-order valence-corrected chi connectivity index (χ3v) is 4.72. The molecule has 0 unspecified atom stereocenters. The van der Waals surface area contributed by atoms with Gasteiger partial charge in [-0.1, -0.05) is 36.4 Å². The molecule has 2 aliphatic rings. The summed E-state index contributed by atoms with van der Waals surface area (Å²) in [4.78, 5) is 11.9. The van der Waals surface area contributed by atoms with Gasteiger partial charge in [0.2, 0.25) is 0 Å². The monoisotopic (exact) mass is 338 g/mol. The Morgan fingerprint density at radius 2 is 1.58 bits per heavy atom. The van der Waals surface area contributed by atoms with Crippen LogP contribution >= 0.6 is 0 Å². The average Bonchev–Trinajstić information content (AvgIpc) is 2.66. The second-order valence-corrected chi connectivity index (χ2v) is 6.35. The molecule has 26 heavy (non-hydrogen) atoms. The van der Waals surface area contributed by atoms with E-state index in [2.05, 4.69) is 12.1 Å². The number of rotatable bonds is 1. The van der Waals surface area contributed by atoms with Gasteiger partial charge in [0.25, 0.3) is 0 Å². The van der Waals surface area contributed by atoms with Gasteiger partial charge < -0.3 is 9.52 Å². The zero-order valence-corrected chi connectivity index (χ0v) is 13.8. The van der Waals surface area contributed by atoms with Gasteiger partial charge in [0.15, 0.2) is 5.43 Å². The van der Waals surface area contributed by atoms with Crippen molar-refractivity contribution in [2.75, 3.05) is 0 Å². The zero-order chi connectivity index (χ0) is 17.7. The maximum atomic E-state index is 11.9. The highest BCUT2D eigenvalue weighted by molar-refractivity contribution is 6.12. The minimum Gasteiger partial charge on any atom is -0.508 e. The van der Waals surface area contributed by atoms with E-state index in [-0.39, 0.29) is 11.2 Å². The third kappa shape index (κ3) is 2.18. The Kier molecular flexibility index (Phi) is 3.09. The molecule has 1 N–H and O–H groups in total. The van der Waals surface area contributed by atoms with Crippen LogP contribution in [0.5, 0.6) is 5.75 Å². The van der Waals surface area contributed by atoms with Crippen molar-refractivity contribution < 1.29 is 9.52 Å². The zero-order valence-electron chi connectivity index (χ0n) is 13.8. The maximum Gasteiger partial charge on any atom is 0.182 e. The van der Waals surface area contributed by atoms with Crippen molar-refractivity contribution in [1.82, 2.24) is 0 Å². The normalized spacial score (nSPS) is 11.4. The van der Waals surface area contributed by atoms with Crippen molar-refractivity contribution >= 4 is 21.7 Å². The van der Waals surface area contributed by atoms with Crippen molar-refractivity contribution in [1.29, 1.82) is 0 Å². The van der Waals surface area contributed by atoms with Crippen molar-refractivity contribution in [2.45, 2.75) is 0 Å². The summed E-state index contributed by atoms with van der Waals surface area (Å²) in [5.41, 5.74) is 3.63. The van der Waals surface area contributed by atoms with E-state index in [1.165, 1.54) is 6.07 Å². The molecule has 124 valence electrons. The Morgan fingerprint density at radius 3 is 2.42 bits per heavy atom. The van der Waals surface area contributed by atoms with E-state index in [1.807, 2.05) is 42.5 Å². The first-order chi connectivity index (χ1) is 12.7. The highest BCUT2D eigenvalue weighted by Crippen LogP contribution is 2.42. The Morgan fingerprint density at radius 1 is 0.769 bits per heavy atom. The van der Waals surface area contributed by atoms with Crippen LogP contribution in [0.3, 0.4) is 0 Å². The molecule has 3 aromatic rings. The van der Waals surface area contributed by atoms with E-state index < -0.39 is 0 Å². The minimum absolute atomic E-state index is 0.0857. The van der Waals surface area contributed by atoms with E-state index in [1.54, 1.807) is 18.2 Å². The standard InChI is InChI=1S/C23H14O3/c24-16-7-10-18-15(12-16)6-9-20-22(14-4-2-1-3-5-14)19-11-8-17(25)13-21(19)26-23(18)20/h1-13,24H. The molecule has 3 heteroatoms. The van der Waals surface area contributed by atoms with Gasteiger partial charge in [-0.25, -0.2) is 0 Å². The summed E-state index contributed by atoms with van der Waals surface area (Å²) in [5, 5.41) is 12.5. The number of aromatic hydroxyl groups is 1. The van der Waals surface area contributed by atoms with Gasteiger partial charge in [-0.05, 0) is 47.3 Å². The second kappa shape index (κ2) is 5.46. The van der Waals surface area contributed by atoms with Gasteiger partial charge in [0, 0.05) is 28.0 Å². The van der Waals surface area contributed by atoms with Crippen LogP contribution in [0.1, 0.15) is 0 Å². The fraction of sp³-hybridized carbons (Fsp3) is 0. The van der Waals surface area contributed by atoms with Gasteiger partial charge in [-0.2, -0.15) is 0 Å². The molecule has 0 spiro atoms. The number of benzene rings is 4. The predicted molar refractivity (Wildman–Crippen MR) is 104 cm³/mol. The molecule has 0 fully saturated rings. The molecule has 1 aliphatic carbocycles. The number of hydrogen-bond donors (Lipinski definition) is 1. The highest BCUT2D eigenvalue weighted by atomic mass is 16.3. The van der Waals surface area contributed by atoms with Crippen LogP contribution in [0.15, 0.2) is 88.1 Å². The predicted octanol–water partition coefficient (Wildman–Crippen LogP) is 5.42. The van der Waals surface area contributed by atoms with Crippen LogP contribution in [-0.4, -0.2) is 5.11 Å². The van der Waals surface area contributed by atoms with E-state index in [0.717, 1.165) is 32.8 Å². The largest absolute Gasteiger partial charge is 0.508 e. The molecule has 0 aromatic heterocycles. The second-order valence-electron chi connectivity index (χ2n) is 6.35. The fourth-order valence-corrected chi connectivity index (χ4v) is 3.56. The topological polar surface area (TPSA) is 50.4 Å². The van der Waals surface area contributed by atoms with Gasteiger partial charge in [0.05, 0.1) is 0 Å². The minimum atomic E-state index is -0.0857. The lowest BCUT2D eigenvalue weighted by molar-refractivity contribution is 0.476. The molecule has 0 radical (unpaired) electrons. The van der Waals surface area contributed by atoms with Crippen molar-refractivity contribution in [3.05, 3.63) is 89.1 Å². The molecule has 5 rings (SSSR count). The van der Waals surface area contributed by atoms with Gasteiger partial charge in [-0.15, -0.1) is 0 Å². The quantitative estimate of drug-likeness (QED) is 0.328. The van der Waals surface area contributed by atoms with E-state index in [4.69, 9.17) is 4.42 Å². The van der Waals surface area contributed by atoms with Crippen molar-refractivity contribution in [2.24, 2.45) is 0 Å². The summed E-state index contributed by atoms with van der Waals surface area (Å²) in [7, 11) is 0. The van der Waals surface area contributed by atoms with Crippen LogP contribution in [0.2, 0.25) is 0 Å². The molecule has 3 nitrogen and oxygen atoms in total. The Hall–Kier alpha value is -3.59. The van der Waals surface area contributed by atoms with Gasteiger partial charge >= 0.3 is 0 Å². The Bertz CT molecular complexity index is 1300.